The largest absolute Gasteiger partial charge is 0.546 e. The Kier molecular flexibility index (Phi) is 4.04. The molecule has 0 atom stereocenters. The summed E-state index contributed by atoms with van der Waals surface area (Å²) < 4.78 is 10.9. The van der Waals surface area contributed by atoms with Gasteiger partial charge in [-0.2, -0.15) is 0 Å². The second-order valence-corrected chi connectivity index (χ2v) is 5.19. The lowest BCUT2D eigenvalue weighted by molar-refractivity contribution is -0.307. The number of fused-ring (bicyclic) bond motifs is 1. The number of rotatable bonds is 4. The first-order valence-electron chi connectivity index (χ1n) is 6.70. The number of aliphatic carboxylic acids is 1. The summed E-state index contributed by atoms with van der Waals surface area (Å²) in [6, 6.07) is 13.4. The van der Waals surface area contributed by atoms with Gasteiger partial charge in [0, 0.05) is 10.6 Å². The van der Waals surface area contributed by atoms with Crippen molar-refractivity contribution in [3.8, 4) is 17.1 Å². The predicted molar refractivity (Wildman–Crippen MR) is 83.4 cm³/mol. The molecule has 3 aromatic rings. The smallest absolute Gasteiger partial charge is 0.235 e. The summed E-state index contributed by atoms with van der Waals surface area (Å²) in [5.74, 6) is -1.46. The van der Waals surface area contributed by atoms with Gasteiger partial charge in [-0.05, 0) is 18.2 Å². The minimum Gasteiger partial charge on any atom is -0.546 e. The molecular weight excluding hydrogens is 320 g/mol. The van der Waals surface area contributed by atoms with E-state index < -0.39 is 18.0 Å². The zero-order chi connectivity index (χ0) is 16.4. The molecule has 0 saturated heterocycles. The molecule has 0 aliphatic carbocycles. The summed E-state index contributed by atoms with van der Waals surface area (Å²) in [5.41, 5.74) is 0.433. The first-order chi connectivity index (χ1) is 11.1. The molecule has 23 heavy (non-hydrogen) atoms. The molecule has 0 bridgehead atoms. The average molecular weight is 330 g/mol. The number of carboxylic acid groups (broad SMARTS) is 1. The van der Waals surface area contributed by atoms with Crippen LogP contribution in [0.15, 0.2) is 57.7 Å². The van der Waals surface area contributed by atoms with Gasteiger partial charge in [-0.25, -0.2) is 0 Å². The zero-order valence-electron chi connectivity index (χ0n) is 11.7. The standard InChI is InChI=1S/C17H11ClO5/c18-11-6-7-13-12(8-11)15(21)17(22-9-14(19)20)16(23-13)10-4-2-1-3-5-10/h1-8H,9H2,(H,19,20)/p-1. The molecule has 0 amide bonds. The van der Waals surface area contributed by atoms with Gasteiger partial charge in [-0.1, -0.05) is 41.9 Å². The van der Waals surface area contributed by atoms with Crippen LogP contribution in [-0.2, 0) is 4.79 Å². The van der Waals surface area contributed by atoms with E-state index in [1.807, 2.05) is 6.07 Å². The van der Waals surface area contributed by atoms with Crippen LogP contribution in [0.4, 0.5) is 0 Å². The molecule has 1 heterocycles. The molecule has 6 heteroatoms. The lowest BCUT2D eigenvalue weighted by Crippen LogP contribution is -2.30. The van der Waals surface area contributed by atoms with E-state index in [1.54, 1.807) is 36.4 Å². The van der Waals surface area contributed by atoms with E-state index in [4.69, 9.17) is 20.8 Å². The Morgan fingerprint density at radius 3 is 2.61 bits per heavy atom. The SMILES string of the molecule is O=C([O-])COc1c(-c2ccccc2)oc2ccc(Cl)cc2c1=O. The van der Waals surface area contributed by atoms with Gasteiger partial charge in [0.05, 0.1) is 11.4 Å². The maximum Gasteiger partial charge on any atom is 0.235 e. The van der Waals surface area contributed by atoms with Gasteiger partial charge in [0.2, 0.25) is 11.2 Å². The van der Waals surface area contributed by atoms with Gasteiger partial charge in [0.15, 0.2) is 5.76 Å². The fourth-order valence-electron chi connectivity index (χ4n) is 2.19. The molecule has 3 rings (SSSR count). The monoisotopic (exact) mass is 329 g/mol. The van der Waals surface area contributed by atoms with Crippen LogP contribution in [0.2, 0.25) is 5.02 Å². The number of carboxylic acids is 1. The van der Waals surface area contributed by atoms with Gasteiger partial charge in [-0.3, -0.25) is 4.79 Å². The summed E-state index contributed by atoms with van der Waals surface area (Å²) in [7, 11) is 0. The lowest BCUT2D eigenvalue weighted by Gasteiger charge is -2.12. The molecular formula is C17H10ClO5-. The number of benzene rings is 2. The highest BCUT2D eigenvalue weighted by atomic mass is 35.5. The maximum atomic E-state index is 12.6. The van der Waals surface area contributed by atoms with E-state index >= 15 is 0 Å². The predicted octanol–water partition coefficient (Wildman–Crippen LogP) is 2.24. The molecule has 0 fully saturated rings. The quantitative estimate of drug-likeness (QED) is 0.733. The Labute approximate surface area is 135 Å². The molecule has 116 valence electrons. The van der Waals surface area contributed by atoms with E-state index in [2.05, 4.69) is 0 Å². The number of halogens is 1. The minimum atomic E-state index is -1.44. The van der Waals surface area contributed by atoms with E-state index in [0.29, 0.717) is 16.2 Å². The van der Waals surface area contributed by atoms with Crippen LogP contribution < -0.4 is 15.3 Å². The van der Waals surface area contributed by atoms with Crippen molar-refractivity contribution < 1.29 is 19.1 Å². The van der Waals surface area contributed by atoms with Crippen molar-refractivity contribution in [1.82, 2.24) is 0 Å². The zero-order valence-corrected chi connectivity index (χ0v) is 12.5. The molecule has 2 aromatic carbocycles. The van der Waals surface area contributed by atoms with Crippen LogP contribution in [-0.4, -0.2) is 12.6 Å². The Hall–Kier alpha value is -2.79. The van der Waals surface area contributed by atoms with Crippen molar-refractivity contribution in [2.24, 2.45) is 0 Å². The fourth-order valence-corrected chi connectivity index (χ4v) is 2.36. The van der Waals surface area contributed by atoms with Gasteiger partial charge in [-0.15, -0.1) is 0 Å². The summed E-state index contributed by atoms with van der Waals surface area (Å²) >= 11 is 5.90. The van der Waals surface area contributed by atoms with Gasteiger partial charge < -0.3 is 19.1 Å². The topological polar surface area (TPSA) is 79.6 Å². The second-order valence-electron chi connectivity index (χ2n) is 4.76. The number of ether oxygens (including phenoxy) is 1. The molecule has 1 aromatic heterocycles. The fraction of sp³-hybridized carbons (Fsp3) is 0.0588. The third-order valence-corrected chi connectivity index (χ3v) is 3.42. The molecule has 0 unspecified atom stereocenters. The van der Waals surface area contributed by atoms with Crippen molar-refractivity contribution in [2.75, 3.05) is 6.61 Å². The van der Waals surface area contributed by atoms with Gasteiger partial charge in [0.1, 0.15) is 12.2 Å². The Morgan fingerprint density at radius 1 is 1.17 bits per heavy atom. The van der Waals surface area contributed by atoms with Gasteiger partial charge >= 0.3 is 0 Å². The molecule has 0 saturated carbocycles. The van der Waals surface area contributed by atoms with Crippen molar-refractivity contribution in [1.29, 1.82) is 0 Å². The van der Waals surface area contributed by atoms with E-state index in [-0.39, 0.29) is 16.9 Å². The Bertz CT molecular complexity index is 931. The highest BCUT2D eigenvalue weighted by Crippen LogP contribution is 2.31. The normalized spacial score (nSPS) is 10.7. The van der Waals surface area contributed by atoms with Crippen molar-refractivity contribution >= 4 is 28.5 Å². The summed E-state index contributed by atoms with van der Waals surface area (Å²) in [5, 5.41) is 11.2. The number of carbonyl (C=O) groups excluding carboxylic acids is 1. The van der Waals surface area contributed by atoms with Gasteiger partial charge in [0.25, 0.3) is 0 Å². The third-order valence-electron chi connectivity index (χ3n) is 3.18. The maximum absolute atomic E-state index is 12.6. The summed E-state index contributed by atoms with van der Waals surface area (Å²) in [6.45, 7) is -0.753. The number of hydrogen-bond acceptors (Lipinski definition) is 5. The highest BCUT2D eigenvalue weighted by Gasteiger charge is 2.17. The van der Waals surface area contributed by atoms with Crippen molar-refractivity contribution in [3.63, 3.8) is 0 Å². The summed E-state index contributed by atoms with van der Waals surface area (Å²) in [6.07, 6.45) is 0. The molecule has 0 N–H and O–H groups in total. The van der Waals surface area contributed by atoms with Crippen LogP contribution in [0.1, 0.15) is 0 Å². The van der Waals surface area contributed by atoms with E-state index in [0.717, 1.165) is 0 Å². The second kappa shape index (κ2) is 6.14. The first-order valence-corrected chi connectivity index (χ1v) is 7.08. The van der Waals surface area contributed by atoms with Crippen LogP contribution >= 0.6 is 11.6 Å². The molecule has 5 nitrogen and oxygen atoms in total. The van der Waals surface area contributed by atoms with Crippen molar-refractivity contribution in [2.45, 2.75) is 0 Å². The third kappa shape index (κ3) is 3.05. The first kappa shape index (κ1) is 15.1. The highest BCUT2D eigenvalue weighted by molar-refractivity contribution is 6.31. The van der Waals surface area contributed by atoms with Crippen LogP contribution in [0.25, 0.3) is 22.3 Å². The molecule has 0 radical (unpaired) electrons. The van der Waals surface area contributed by atoms with E-state index in [1.165, 1.54) is 6.07 Å². The Balaban J connectivity index is 2.28. The number of hydrogen-bond donors (Lipinski definition) is 0. The van der Waals surface area contributed by atoms with Crippen molar-refractivity contribution in [3.05, 3.63) is 63.8 Å². The molecule has 0 spiro atoms. The van der Waals surface area contributed by atoms with Crippen LogP contribution in [0.3, 0.4) is 0 Å². The van der Waals surface area contributed by atoms with Crippen LogP contribution in [0.5, 0.6) is 5.75 Å². The van der Waals surface area contributed by atoms with Crippen LogP contribution in [0, 0.1) is 0 Å². The Morgan fingerprint density at radius 2 is 1.91 bits per heavy atom. The molecule has 0 aliphatic rings. The summed E-state index contributed by atoms with van der Waals surface area (Å²) in [4.78, 5) is 23.3. The minimum absolute atomic E-state index is 0.159. The number of carbonyl (C=O) groups is 1. The lowest BCUT2D eigenvalue weighted by atomic mass is 10.1. The average Bonchev–Trinajstić information content (AvgIpc) is 2.55. The molecule has 0 aliphatic heterocycles. The van der Waals surface area contributed by atoms with E-state index in [9.17, 15) is 14.7 Å².